The number of rotatable bonds is 6. The summed E-state index contributed by atoms with van der Waals surface area (Å²) in [5, 5.41) is 1.84. The Bertz CT molecular complexity index is 683. The van der Waals surface area contributed by atoms with Crippen LogP contribution < -0.4 is 19.6 Å². The molecule has 1 N–H and O–H groups in total. The van der Waals surface area contributed by atoms with Crippen LogP contribution in [0.5, 0.6) is 17.2 Å². The van der Waals surface area contributed by atoms with Crippen molar-refractivity contribution in [1.29, 1.82) is 0 Å². The third kappa shape index (κ3) is 5.97. The van der Waals surface area contributed by atoms with Crippen molar-refractivity contribution in [3.63, 3.8) is 0 Å². The number of hydrogen-bond acceptors (Lipinski definition) is 7. The van der Waals surface area contributed by atoms with E-state index >= 15 is 0 Å². The van der Waals surface area contributed by atoms with Crippen LogP contribution in [0.25, 0.3) is 6.08 Å². The fourth-order valence-electron chi connectivity index (χ4n) is 2.87. The first-order valence-electron chi connectivity index (χ1n) is 8.66. The number of nitrogens with zero attached hydrogens (tertiary/aromatic N) is 1. The topological polar surface area (TPSA) is 86.3 Å². The molecule has 0 aliphatic carbocycles. The van der Waals surface area contributed by atoms with Gasteiger partial charge in [-0.2, -0.15) is 0 Å². The van der Waals surface area contributed by atoms with E-state index in [0.717, 1.165) is 0 Å². The molecule has 0 bridgehead atoms. The van der Waals surface area contributed by atoms with Gasteiger partial charge in [0.15, 0.2) is 11.5 Å². The number of amides is 1. The van der Waals surface area contributed by atoms with E-state index in [1.54, 1.807) is 18.2 Å². The first-order chi connectivity index (χ1) is 12.8. The van der Waals surface area contributed by atoms with Crippen LogP contribution in [0.2, 0.25) is 0 Å². The van der Waals surface area contributed by atoms with Gasteiger partial charge in [0.05, 0.1) is 26.4 Å². The number of ether oxygens (including phenoxy) is 4. The van der Waals surface area contributed by atoms with E-state index < -0.39 is 5.97 Å². The van der Waals surface area contributed by atoms with Crippen LogP contribution in [0.15, 0.2) is 18.2 Å². The molecular formula is C19H26N2O6. The predicted molar refractivity (Wildman–Crippen MR) is 99.6 cm³/mol. The highest BCUT2D eigenvalue weighted by molar-refractivity contribution is 5.91. The molecule has 1 amide bonds. The van der Waals surface area contributed by atoms with E-state index in [-0.39, 0.29) is 23.9 Å². The zero-order valence-electron chi connectivity index (χ0n) is 16.3. The lowest BCUT2D eigenvalue weighted by Gasteiger charge is -2.34. The van der Waals surface area contributed by atoms with Gasteiger partial charge in [0.25, 0.3) is 5.91 Å². The van der Waals surface area contributed by atoms with Crippen LogP contribution in [0.1, 0.15) is 26.3 Å². The number of benzene rings is 1. The van der Waals surface area contributed by atoms with Crippen LogP contribution in [-0.4, -0.2) is 56.4 Å². The fourth-order valence-corrected chi connectivity index (χ4v) is 2.87. The van der Waals surface area contributed by atoms with Gasteiger partial charge in [-0.1, -0.05) is 0 Å². The lowest BCUT2D eigenvalue weighted by atomic mass is 10.1. The molecule has 1 fully saturated rings. The molecule has 2 rings (SSSR count). The minimum absolute atomic E-state index is 0.0559. The second-order valence-corrected chi connectivity index (χ2v) is 6.32. The Balaban J connectivity index is 2.11. The number of esters is 1. The molecule has 1 saturated heterocycles. The first kappa shape index (κ1) is 20.7. The summed E-state index contributed by atoms with van der Waals surface area (Å²) in [5.74, 6) is 0.132. The molecule has 8 heteroatoms. The molecule has 2 atom stereocenters. The molecule has 1 aromatic rings. The molecule has 8 nitrogen and oxygen atoms in total. The summed E-state index contributed by atoms with van der Waals surface area (Å²) in [6.07, 6.45) is 3.16. The van der Waals surface area contributed by atoms with Crippen LogP contribution in [0.4, 0.5) is 0 Å². The summed E-state index contributed by atoms with van der Waals surface area (Å²) < 4.78 is 21.3. The van der Waals surface area contributed by atoms with Gasteiger partial charge in [0, 0.05) is 26.1 Å². The molecule has 0 spiro atoms. The number of morpholine rings is 1. The Morgan fingerprint density at radius 2 is 1.70 bits per heavy atom. The van der Waals surface area contributed by atoms with Gasteiger partial charge >= 0.3 is 5.97 Å². The number of nitrogens with one attached hydrogen (secondary N) is 1. The van der Waals surface area contributed by atoms with E-state index in [1.807, 2.05) is 18.9 Å². The third-order valence-corrected chi connectivity index (χ3v) is 3.84. The summed E-state index contributed by atoms with van der Waals surface area (Å²) in [7, 11) is 2.92. The highest BCUT2D eigenvalue weighted by Gasteiger charge is 2.22. The normalized spacial score (nSPS) is 20.3. The number of methoxy groups -OCH3 is 2. The van der Waals surface area contributed by atoms with Crippen LogP contribution in [-0.2, 0) is 14.3 Å². The predicted octanol–water partition coefficient (Wildman–Crippen LogP) is 1.78. The minimum atomic E-state index is -0.483. The minimum Gasteiger partial charge on any atom is -0.493 e. The Morgan fingerprint density at radius 1 is 1.15 bits per heavy atom. The second-order valence-electron chi connectivity index (χ2n) is 6.32. The lowest BCUT2D eigenvalue weighted by Crippen LogP contribution is -2.53. The van der Waals surface area contributed by atoms with Crippen molar-refractivity contribution >= 4 is 18.0 Å². The Hall–Kier alpha value is -2.58. The summed E-state index contributed by atoms with van der Waals surface area (Å²) in [6, 6.07) is 3.31. The molecule has 0 aromatic heterocycles. The van der Waals surface area contributed by atoms with Crippen LogP contribution in [0.3, 0.4) is 0 Å². The fraction of sp³-hybridized carbons (Fsp3) is 0.474. The largest absolute Gasteiger partial charge is 0.493 e. The number of hydrazine groups is 1. The van der Waals surface area contributed by atoms with Crippen LogP contribution >= 0.6 is 0 Å². The average molecular weight is 378 g/mol. The molecule has 27 heavy (non-hydrogen) atoms. The zero-order valence-corrected chi connectivity index (χ0v) is 16.3. The molecule has 0 radical (unpaired) electrons. The molecule has 2 unspecified atom stereocenters. The number of carbonyl (C=O) groups is 2. The third-order valence-electron chi connectivity index (χ3n) is 3.84. The molecular weight excluding hydrogens is 352 g/mol. The van der Waals surface area contributed by atoms with Crippen molar-refractivity contribution in [2.45, 2.75) is 33.0 Å². The Morgan fingerprint density at radius 3 is 2.19 bits per heavy atom. The lowest BCUT2D eigenvalue weighted by molar-refractivity contribution is -0.132. The molecule has 1 aromatic carbocycles. The maximum atomic E-state index is 12.2. The van der Waals surface area contributed by atoms with Crippen molar-refractivity contribution in [2.24, 2.45) is 0 Å². The van der Waals surface area contributed by atoms with E-state index in [1.165, 1.54) is 27.2 Å². The van der Waals surface area contributed by atoms with Crippen molar-refractivity contribution in [2.75, 3.05) is 27.3 Å². The molecule has 1 heterocycles. The molecule has 1 aliphatic rings. The standard InChI is InChI=1S/C19H26N2O6/c1-12-10-21(11-13(2)26-12)20-18(23)7-6-15-8-16(24-4)19(27-14(3)22)17(9-15)25-5/h6-9,12-13H,10-11H2,1-5H3,(H,20,23). The maximum Gasteiger partial charge on any atom is 0.308 e. The van der Waals surface area contributed by atoms with Crippen LogP contribution in [0, 0.1) is 0 Å². The second kappa shape index (κ2) is 9.38. The van der Waals surface area contributed by atoms with Crippen molar-refractivity contribution in [3.8, 4) is 17.2 Å². The average Bonchev–Trinajstić information content (AvgIpc) is 2.59. The van der Waals surface area contributed by atoms with Gasteiger partial charge in [0.2, 0.25) is 5.75 Å². The van der Waals surface area contributed by atoms with E-state index in [0.29, 0.717) is 30.2 Å². The SMILES string of the molecule is COc1cc(C=CC(=O)NN2CC(C)OC(C)C2)cc(OC)c1OC(C)=O. The summed E-state index contributed by atoms with van der Waals surface area (Å²) in [6.45, 7) is 6.48. The monoisotopic (exact) mass is 378 g/mol. The van der Waals surface area contributed by atoms with E-state index in [9.17, 15) is 9.59 Å². The molecule has 148 valence electrons. The zero-order chi connectivity index (χ0) is 20.0. The summed E-state index contributed by atoms with van der Waals surface area (Å²) in [5.41, 5.74) is 3.51. The molecule has 1 aliphatic heterocycles. The van der Waals surface area contributed by atoms with Crippen molar-refractivity contribution in [3.05, 3.63) is 23.8 Å². The van der Waals surface area contributed by atoms with Gasteiger partial charge < -0.3 is 18.9 Å². The highest BCUT2D eigenvalue weighted by Crippen LogP contribution is 2.39. The van der Waals surface area contributed by atoms with Gasteiger partial charge in [-0.15, -0.1) is 0 Å². The highest BCUT2D eigenvalue weighted by atomic mass is 16.6. The van der Waals surface area contributed by atoms with Gasteiger partial charge in [-0.05, 0) is 37.6 Å². The number of hydrogen-bond donors (Lipinski definition) is 1. The summed E-state index contributed by atoms with van der Waals surface area (Å²) >= 11 is 0. The van der Waals surface area contributed by atoms with Crippen molar-refractivity contribution in [1.82, 2.24) is 10.4 Å². The van der Waals surface area contributed by atoms with Gasteiger partial charge in [-0.25, -0.2) is 5.01 Å². The quantitative estimate of drug-likeness (QED) is 0.459. The first-order valence-corrected chi connectivity index (χ1v) is 8.66. The Labute approximate surface area is 159 Å². The van der Waals surface area contributed by atoms with Gasteiger partial charge in [0.1, 0.15) is 0 Å². The van der Waals surface area contributed by atoms with E-state index in [4.69, 9.17) is 18.9 Å². The smallest absolute Gasteiger partial charge is 0.308 e. The van der Waals surface area contributed by atoms with E-state index in [2.05, 4.69) is 5.43 Å². The maximum absolute atomic E-state index is 12.2. The van der Waals surface area contributed by atoms with Crippen molar-refractivity contribution < 1.29 is 28.5 Å². The number of carbonyl (C=O) groups excluding carboxylic acids is 2. The summed E-state index contributed by atoms with van der Waals surface area (Å²) in [4.78, 5) is 23.5. The molecule has 0 saturated carbocycles. The Kier molecular flexibility index (Phi) is 7.20. The van der Waals surface area contributed by atoms with Gasteiger partial charge in [-0.3, -0.25) is 15.0 Å².